The molecule has 3 nitrogen and oxygen atoms in total. The van der Waals surface area contributed by atoms with Crippen molar-refractivity contribution < 1.29 is 13.9 Å². The van der Waals surface area contributed by atoms with E-state index < -0.39 is 0 Å². The minimum Gasteiger partial charge on any atom is -0.380 e. The summed E-state index contributed by atoms with van der Waals surface area (Å²) in [5.41, 5.74) is 1.48. The smallest absolute Gasteiger partial charge is 0.262 e. The highest BCUT2D eigenvalue weighted by Crippen LogP contribution is 2.33. The maximum absolute atomic E-state index is 14.1. The van der Waals surface area contributed by atoms with Crippen molar-refractivity contribution in [3.05, 3.63) is 69.3 Å². The SMILES string of the molecule is COCc1c(C(=O)NCc2cccc(Cl)c2)sc2cccc(F)c12. The molecule has 0 saturated carbocycles. The Labute approximate surface area is 148 Å². The molecule has 0 spiro atoms. The topological polar surface area (TPSA) is 38.3 Å². The van der Waals surface area contributed by atoms with Crippen LogP contribution in [0.4, 0.5) is 4.39 Å². The van der Waals surface area contributed by atoms with Gasteiger partial charge in [0, 0.05) is 34.3 Å². The van der Waals surface area contributed by atoms with E-state index >= 15 is 0 Å². The minimum absolute atomic E-state index is 0.181. The average Bonchev–Trinajstić information content (AvgIpc) is 2.93. The molecule has 0 aliphatic rings. The van der Waals surface area contributed by atoms with Crippen molar-refractivity contribution in [3.8, 4) is 0 Å². The number of carbonyl (C=O) groups is 1. The number of hydrogen-bond donors (Lipinski definition) is 1. The molecule has 0 fully saturated rings. The van der Waals surface area contributed by atoms with Crippen molar-refractivity contribution in [1.29, 1.82) is 0 Å². The van der Waals surface area contributed by atoms with Gasteiger partial charge in [0.2, 0.25) is 0 Å². The van der Waals surface area contributed by atoms with Gasteiger partial charge in [-0.15, -0.1) is 11.3 Å². The number of carbonyl (C=O) groups excluding carboxylic acids is 1. The lowest BCUT2D eigenvalue weighted by molar-refractivity contribution is 0.0950. The molecule has 3 aromatic rings. The van der Waals surface area contributed by atoms with Crippen molar-refractivity contribution in [1.82, 2.24) is 5.32 Å². The highest BCUT2D eigenvalue weighted by atomic mass is 35.5. The Bertz CT molecular complexity index is 894. The first kappa shape index (κ1) is 16.9. The molecule has 0 unspecified atom stereocenters. The van der Waals surface area contributed by atoms with Crippen molar-refractivity contribution in [2.75, 3.05) is 7.11 Å². The summed E-state index contributed by atoms with van der Waals surface area (Å²) in [6, 6.07) is 12.1. The standard InChI is InChI=1S/C18H15ClFNO2S/c1-23-10-13-16-14(20)6-3-7-15(16)24-17(13)18(22)21-9-11-4-2-5-12(19)8-11/h2-8H,9-10H2,1H3,(H,21,22). The van der Waals surface area contributed by atoms with E-state index in [0.29, 0.717) is 27.4 Å². The summed E-state index contributed by atoms with van der Waals surface area (Å²) < 4.78 is 20.0. The number of benzene rings is 2. The lowest BCUT2D eigenvalue weighted by atomic mass is 10.1. The van der Waals surface area contributed by atoms with Gasteiger partial charge in [0.25, 0.3) is 5.91 Å². The Kier molecular flexibility index (Phi) is 5.14. The molecule has 0 bridgehead atoms. The van der Waals surface area contributed by atoms with Gasteiger partial charge in [-0.05, 0) is 29.8 Å². The van der Waals surface area contributed by atoms with Gasteiger partial charge in [-0.25, -0.2) is 4.39 Å². The fraction of sp³-hybridized carbons (Fsp3) is 0.167. The second kappa shape index (κ2) is 7.30. The lowest BCUT2D eigenvalue weighted by Crippen LogP contribution is -2.23. The largest absolute Gasteiger partial charge is 0.380 e. The van der Waals surface area contributed by atoms with Crippen molar-refractivity contribution >= 4 is 38.9 Å². The molecule has 1 amide bonds. The van der Waals surface area contributed by atoms with Crippen LogP contribution in [0.25, 0.3) is 10.1 Å². The van der Waals surface area contributed by atoms with Crippen LogP contribution in [0.5, 0.6) is 0 Å². The molecular weight excluding hydrogens is 349 g/mol. The van der Waals surface area contributed by atoms with E-state index in [1.165, 1.54) is 24.5 Å². The monoisotopic (exact) mass is 363 g/mol. The zero-order chi connectivity index (χ0) is 17.1. The molecule has 1 aromatic heterocycles. The summed E-state index contributed by atoms with van der Waals surface area (Å²) in [5.74, 6) is -0.590. The van der Waals surface area contributed by atoms with Gasteiger partial charge in [-0.2, -0.15) is 0 Å². The number of methoxy groups -OCH3 is 1. The second-order valence-corrected chi connectivity index (χ2v) is 6.76. The third-order valence-corrected chi connectivity index (χ3v) is 5.03. The highest BCUT2D eigenvalue weighted by Gasteiger charge is 2.20. The van der Waals surface area contributed by atoms with Crippen LogP contribution in [0.15, 0.2) is 42.5 Å². The van der Waals surface area contributed by atoms with Crippen LogP contribution >= 0.6 is 22.9 Å². The first-order valence-corrected chi connectivity index (χ1v) is 8.51. The Morgan fingerprint density at radius 2 is 2.08 bits per heavy atom. The second-order valence-electron chi connectivity index (χ2n) is 5.27. The number of ether oxygens (including phenoxy) is 1. The molecule has 2 aromatic carbocycles. The summed E-state index contributed by atoms with van der Waals surface area (Å²) in [4.78, 5) is 13.0. The molecule has 0 atom stereocenters. The molecule has 1 N–H and O–H groups in total. The molecule has 124 valence electrons. The van der Waals surface area contributed by atoms with E-state index in [1.807, 2.05) is 12.1 Å². The van der Waals surface area contributed by atoms with Gasteiger partial charge in [0.1, 0.15) is 5.82 Å². The van der Waals surface area contributed by atoms with Crippen LogP contribution in [-0.4, -0.2) is 13.0 Å². The predicted molar refractivity (Wildman–Crippen MR) is 95.1 cm³/mol. The Hall–Kier alpha value is -1.95. The Morgan fingerprint density at radius 1 is 1.29 bits per heavy atom. The third-order valence-electron chi connectivity index (χ3n) is 3.60. The van der Waals surface area contributed by atoms with Gasteiger partial charge in [0.05, 0.1) is 11.5 Å². The molecule has 0 aliphatic heterocycles. The molecule has 6 heteroatoms. The molecule has 1 heterocycles. The number of nitrogens with one attached hydrogen (secondary N) is 1. The number of thiophene rings is 1. The van der Waals surface area contributed by atoms with Gasteiger partial charge < -0.3 is 10.1 Å². The summed E-state index contributed by atoms with van der Waals surface area (Å²) in [6.07, 6.45) is 0. The van der Waals surface area contributed by atoms with Crippen LogP contribution in [0.3, 0.4) is 0 Å². The van der Waals surface area contributed by atoms with E-state index in [4.69, 9.17) is 16.3 Å². The average molecular weight is 364 g/mol. The van der Waals surface area contributed by atoms with Crippen LogP contribution in [0, 0.1) is 5.82 Å². The van der Waals surface area contributed by atoms with Crippen LogP contribution in [-0.2, 0) is 17.9 Å². The van der Waals surface area contributed by atoms with Crippen molar-refractivity contribution in [3.63, 3.8) is 0 Å². The number of rotatable bonds is 5. The predicted octanol–water partition coefficient (Wildman–Crippen LogP) is 4.77. The molecule has 24 heavy (non-hydrogen) atoms. The molecule has 0 saturated heterocycles. The zero-order valence-corrected chi connectivity index (χ0v) is 14.5. The lowest BCUT2D eigenvalue weighted by Gasteiger charge is -2.07. The number of fused-ring (bicyclic) bond motifs is 1. The summed E-state index contributed by atoms with van der Waals surface area (Å²) in [7, 11) is 1.53. The zero-order valence-electron chi connectivity index (χ0n) is 12.9. The van der Waals surface area contributed by atoms with Gasteiger partial charge in [-0.3, -0.25) is 4.79 Å². The fourth-order valence-electron chi connectivity index (χ4n) is 2.54. The van der Waals surface area contributed by atoms with E-state index in [2.05, 4.69) is 5.32 Å². The van der Waals surface area contributed by atoms with Crippen LogP contribution in [0.2, 0.25) is 5.02 Å². The third kappa shape index (κ3) is 3.43. The normalized spacial score (nSPS) is 11.0. The molecule has 0 aliphatic carbocycles. The van der Waals surface area contributed by atoms with Gasteiger partial charge in [-0.1, -0.05) is 29.8 Å². The number of amides is 1. The quantitative estimate of drug-likeness (QED) is 0.709. The molecule has 0 radical (unpaired) electrons. The van der Waals surface area contributed by atoms with Crippen molar-refractivity contribution in [2.45, 2.75) is 13.2 Å². The first-order chi connectivity index (χ1) is 11.6. The highest BCUT2D eigenvalue weighted by molar-refractivity contribution is 7.21. The van der Waals surface area contributed by atoms with Crippen LogP contribution in [0.1, 0.15) is 20.8 Å². The Balaban J connectivity index is 1.89. The molecular formula is C18H15ClFNO2S. The van der Waals surface area contributed by atoms with Crippen molar-refractivity contribution in [2.24, 2.45) is 0 Å². The van der Waals surface area contributed by atoms with E-state index in [-0.39, 0.29) is 18.3 Å². The van der Waals surface area contributed by atoms with Gasteiger partial charge in [0.15, 0.2) is 0 Å². The maximum Gasteiger partial charge on any atom is 0.262 e. The van der Waals surface area contributed by atoms with Gasteiger partial charge >= 0.3 is 0 Å². The van der Waals surface area contributed by atoms with Crippen LogP contribution < -0.4 is 5.32 Å². The fourth-order valence-corrected chi connectivity index (χ4v) is 3.89. The van der Waals surface area contributed by atoms with E-state index in [9.17, 15) is 9.18 Å². The molecule has 3 rings (SSSR count). The van der Waals surface area contributed by atoms with E-state index in [0.717, 1.165) is 10.3 Å². The maximum atomic E-state index is 14.1. The van der Waals surface area contributed by atoms with E-state index in [1.54, 1.807) is 24.3 Å². The summed E-state index contributed by atoms with van der Waals surface area (Å²) >= 11 is 7.21. The minimum atomic E-state index is -0.343. The summed E-state index contributed by atoms with van der Waals surface area (Å²) in [6.45, 7) is 0.531. The Morgan fingerprint density at radius 3 is 2.83 bits per heavy atom. The summed E-state index contributed by atoms with van der Waals surface area (Å²) in [5, 5.41) is 3.93. The first-order valence-electron chi connectivity index (χ1n) is 7.31. The number of halogens is 2. The number of hydrogen-bond acceptors (Lipinski definition) is 3.